The van der Waals surface area contributed by atoms with Crippen LogP contribution < -0.4 is 0 Å². The van der Waals surface area contributed by atoms with Gasteiger partial charge in [-0.2, -0.15) is 0 Å². The summed E-state index contributed by atoms with van der Waals surface area (Å²) in [4.78, 5) is 20.3. The van der Waals surface area contributed by atoms with E-state index in [2.05, 4.69) is 16.4 Å². The van der Waals surface area contributed by atoms with Crippen molar-refractivity contribution in [1.82, 2.24) is 9.88 Å². The summed E-state index contributed by atoms with van der Waals surface area (Å²) in [6, 6.07) is 11.6. The number of halogens is 1. The van der Waals surface area contributed by atoms with Gasteiger partial charge in [0.25, 0.3) is 5.91 Å². The monoisotopic (exact) mass is 338 g/mol. The first-order valence-electron chi connectivity index (χ1n) is 7.77. The molecule has 0 saturated carbocycles. The summed E-state index contributed by atoms with van der Waals surface area (Å²) in [5, 5.41) is 2.07. The van der Waals surface area contributed by atoms with Crippen LogP contribution in [0.25, 0.3) is 0 Å². The summed E-state index contributed by atoms with van der Waals surface area (Å²) in [6.45, 7) is 0.650. The van der Waals surface area contributed by atoms with Gasteiger partial charge in [0.1, 0.15) is 5.82 Å². The highest BCUT2D eigenvalue weighted by Gasteiger charge is 2.33. The molecule has 0 saturated heterocycles. The molecule has 3 aromatic rings. The van der Waals surface area contributed by atoms with Gasteiger partial charge in [0.2, 0.25) is 0 Å². The van der Waals surface area contributed by atoms with Crippen molar-refractivity contribution in [3.63, 3.8) is 0 Å². The molecule has 3 heterocycles. The summed E-state index contributed by atoms with van der Waals surface area (Å²) in [7, 11) is 0. The number of aromatic nitrogens is 1. The van der Waals surface area contributed by atoms with Gasteiger partial charge in [-0.3, -0.25) is 9.78 Å². The Balaban J connectivity index is 1.76. The van der Waals surface area contributed by atoms with Gasteiger partial charge in [-0.25, -0.2) is 4.39 Å². The second-order valence-corrected chi connectivity index (χ2v) is 6.74. The molecule has 0 aliphatic carbocycles. The molecule has 0 spiro atoms. The standard InChI is InChI=1S/C19H15FN2OS/c20-15-3-1-14(2-4-15)19(23)22-11-7-17-16(8-12-24-17)18(22)13-5-9-21-10-6-13/h1-6,8-10,12,18H,7,11H2. The number of carbonyl (C=O) groups excluding carboxylic acids is 1. The highest BCUT2D eigenvalue weighted by molar-refractivity contribution is 7.10. The smallest absolute Gasteiger partial charge is 0.254 e. The normalized spacial score (nSPS) is 16.7. The number of pyridine rings is 1. The van der Waals surface area contributed by atoms with E-state index < -0.39 is 0 Å². The fourth-order valence-electron chi connectivity index (χ4n) is 3.20. The number of rotatable bonds is 2. The van der Waals surface area contributed by atoms with Crippen LogP contribution in [0.2, 0.25) is 0 Å². The van der Waals surface area contributed by atoms with E-state index in [1.165, 1.54) is 22.6 Å². The maximum Gasteiger partial charge on any atom is 0.254 e. The number of hydrogen-bond acceptors (Lipinski definition) is 3. The van der Waals surface area contributed by atoms with Gasteiger partial charge in [-0.1, -0.05) is 0 Å². The third-order valence-corrected chi connectivity index (χ3v) is 5.34. The van der Waals surface area contributed by atoms with E-state index in [4.69, 9.17) is 0 Å². The Kier molecular flexibility index (Phi) is 3.86. The molecule has 1 aliphatic rings. The van der Waals surface area contributed by atoms with E-state index in [9.17, 15) is 9.18 Å². The lowest BCUT2D eigenvalue weighted by atomic mass is 9.93. The molecular weight excluding hydrogens is 323 g/mol. The van der Waals surface area contributed by atoms with Gasteiger partial charge < -0.3 is 4.90 Å². The summed E-state index contributed by atoms with van der Waals surface area (Å²) < 4.78 is 13.2. The molecule has 1 atom stereocenters. The Hall–Kier alpha value is -2.53. The van der Waals surface area contributed by atoms with Crippen molar-refractivity contribution in [2.24, 2.45) is 0 Å². The molecule has 0 fully saturated rings. The van der Waals surface area contributed by atoms with Crippen LogP contribution in [0.4, 0.5) is 4.39 Å². The van der Waals surface area contributed by atoms with Crippen LogP contribution in [0.5, 0.6) is 0 Å². The molecule has 0 radical (unpaired) electrons. The third-order valence-electron chi connectivity index (χ3n) is 4.34. The maximum absolute atomic E-state index is 13.2. The number of fused-ring (bicyclic) bond motifs is 1. The minimum atomic E-state index is -0.337. The van der Waals surface area contributed by atoms with Crippen molar-refractivity contribution in [3.8, 4) is 0 Å². The third kappa shape index (κ3) is 2.61. The van der Waals surface area contributed by atoms with Crippen LogP contribution in [0, 0.1) is 5.82 Å². The highest BCUT2D eigenvalue weighted by Crippen LogP contribution is 2.38. The molecule has 5 heteroatoms. The highest BCUT2D eigenvalue weighted by atomic mass is 32.1. The lowest BCUT2D eigenvalue weighted by Crippen LogP contribution is -2.40. The van der Waals surface area contributed by atoms with E-state index in [0.717, 1.165) is 12.0 Å². The largest absolute Gasteiger partial charge is 0.327 e. The first-order valence-corrected chi connectivity index (χ1v) is 8.65. The SMILES string of the molecule is O=C(c1ccc(F)cc1)N1CCc2sccc2C1c1ccncc1. The van der Waals surface area contributed by atoms with Crippen LogP contribution in [-0.4, -0.2) is 22.3 Å². The van der Waals surface area contributed by atoms with Crippen molar-refractivity contribution < 1.29 is 9.18 Å². The zero-order chi connectivity index (χ0) is 16.5. The quantitative estimate of drug-likeness (QED) is 0.706. The van der Waals surface area contributed by atoms with Gasteiger partial charge in [-0.15, -0.1) is 11.3 Å². The Labute approximate surface area is 143 Å². The van der Waals surface area contributed by atoms with Gasteiger partial charge in [-0.05, 0) is 65.4 Å². The number of hydrogen-bond donors (Lipinski definition) is 0. The van der Waals surface area contributed by atoms with Crippen LogP contribution in [0.1, 0.15) is 32.4 Å². The fraction of sp³-hybridized carbons (Fsp3) is 0.158. The predicted octanol–water partition coefficient (Wildman–Crippen LogP) is 4.07. The lowest BCUT2D eigenvalue weighted by Gasteiger charge is -2.36. The van der Waals surface area contributed by atoms with Crippen LogP contribution in [0.3, 0.4) is 0 Å². The summed E-state index contributed by atoms with van der Waals surface area (Å²) >= 11 is 1.73. The number of carbonyl (C=O) groups is 1. The second-order valence-electron chi connectivity index (χ2n) is 5.74. The number of nitrogens with zero attached hydrogens (tertiary/aromatic N) is 2. The van der Waals surface area contributed by atoms with Crippen molar-refractivity contribution in [3.05, 3.63) is 87.6 Å². The molecule has 0 bridgehead atoms. The fourth-order valence-corrected chi connectivity index (χ4v) is 4.10. The van der Waals surface area contributed by atoms with Crippen molar-refractivity contribution >= 4 is 17.2 Å². The van der Waals surface area contributed by atoms with Gasteiger partial charge in [0, 0.05) is 29.4 Å². The zero-order valence-corrected chi connectivity index (χ0v) is 13.7. The molecule has 24 heavy (non-hydrogen) atoms. The molecular formula is C19H15FN2OS. The molecule has 1 aromatic carbocycles. The maximum atomic E-state index is 13.2. The summed E-state index contributed by atoms with van der Waals surface area (Å²) in [6.07, 6.45) is 4.34. The van der Waals surface area contributed by atoms with Crippen molar-refractivity contribution in [2.45, 2.75) is 12.5 Å². The Morgan fingerprint density at radius 3 is 2.62 bits per heavy atom. The van der Waals surface area contributed by atoms with E-state index in [1.807, 2.05) is 17.0 Å². The number of thiophene rings is 1. The van der Waals surface area contributed by atoms with E-state index in [-0.39, 0.29) is 17.8 Å². The van der Waals surface area contributed by atoms with Crippen LogP contribution in [0.15, 0.2) is 60.2 Å². The molecule has 1 unspecified atom stereocenters. The van der Waals surface area contributed by atoms with E-state index in [1.54, 1.807) is 35.9 Å². The van der Waals surface area contributed by atoms with E-state index in [0.29, 0.717) is 12.1 Å². The van der Waals surface area contributed by atoms with Gasteiger partial charge in [0.05, 0.1) is 6.04 Å². The van der Waals surface area contributed by atoms with E-state index >= 15 is 0 Å². The van der Waals surface area contributed by atoms with Gasteiger partial charge in [0.15, 0.2) is 0 Å². The molecule has 0 N–H and O–H groups in total. The minimum Gasteiger partial charge on any atom is -0.327 e. The molecule has 2 aromatic heterocycles. The van der Waals surface area contributed by atoms with Crippen LogP contribution in [-0.2, 0) is 6.42 Å². The Bertz CT molecular complexity index is 861. The molecule has 120 valence electrons. The average molecular weight is 338 g/mol. The molecule has 3 nitrogen and oxygen atoms in total. The summed E-state index contributed by atoms with van der Waals surface area (Å²) in [5.74, 6) is -0.412. The molecule has 1 amide bonds. The molecule has 1 aliphatic heterocycles. The first-order chi connectivity index (χ1) is 11.7. The summed E-state index contributed by atoms with van der Waals surface area (Å²) in [5.41, 5.74) is 2.72. The van der Waals surface area contributed by atoms with Crippen molar-refractivity contribution in [2.75, 3.05) is 6.54 Å². The lowest BCUT2D eigenvalue weighted by molar-refractivity contribution is 0.0696. The Morgan fingerprint density at radius 1 is 1.12 bits per heavy atom. The Morgan fingerprint density at radius 2 is 1.88 bits per heavy atom. The number of amides is 1. The zero-order valence-electron chi connectivity index (χ0n) is 12.9. The van der Waals surface area contributed by atoms with Gasteiger partial charge >= 0.3 is 0 Å². The predicted molar refractivity (Wildman–Crippen MR) is 91.5 cm³/mol. The minimum absolute atomic E-state index is 0.0753. The van der Waals surface area contributed by atoms with Crippen molar-refractivity contribution in [1.29, 1.82) is 0 Å². The molecule has 4 rings (SSSR count). The average Bonchev–Trinajstić information content (AvgIpc) is 3.10. The second kappa shape index (κ2) is 6.17. The topological polar surface area (TPSA) is 33.2 Å². The van der Waals surface area contributed by atoms with Crippen LogP contribution >= 0.6 is 11.3 Å². The number of benzene rings is 1. The first kappa shape index (κ1) is 15.0.